The number of aryl methyl sites for hydroxylation is 1. The Labute approximate surface area is 193 Å². The number of carbonyl (C=O) groups excluding carboxylic acids is 1. The number of para-hydroxylation sites is 2. The molecular weight excluding hydrogens is 424 g/mol. The number of amides is 1. The van der Waals surface area contributed by atoms with Gasteiger partial charge in [0.2, 0.25) is 5.91 Å². The van der Waals surface area contributed by atoms with E-state index >= 15 is 0 Å². The van der Waals surface area contributed by atoms with Gasteiger partial charge >= 0.3 is 0 Å². The van der Waals surface area contributed by atoms with Gasteiger partial charge < -0.3 is 19.4 Å². The molecule has 1 amide bonds. The summed E-state index contributed by atoms with van der Waals surface area (Å²) in [6, 6.07) is 15.3. The highest BCUT2D eigenvalue weighted by Crippen LogP contribution is 2.31. The lowest BCUT2D eigenvalue weighted by molar-refractivity contribution is -0.113. The number of hydrogen-bond acceptors (Lipinski definition) is 6. The first-order valence-corrected chi connectivity index (χ1v) is 11.6. The summed E-state index contributed by atoms with van der Waals surface area (Å²) >= 11 is 1.37. The molecule has 0 radical (unpaired) electrons. The molecule has 1 aromatic heterocycles. The molecule has 0 spiro atoms. The normalized spacial score (nSPS) is 11.9. The number of thioether (sulfide) groups is 1. The van der Waals surface area contributed by atoms with Crippen LogP contribution in [0.5, 0.6) is 11.5 Å². The molecule has 0 bridgehead atoms. The van der Waals surface area contributed by atoms with Crippen LogP contribution in [0.4, 0.5) is 5.69 Å². The Kier molecular flexibility index (Phi) is 8.16. The zero-order valence-corrected chi connectivity index (χ0v) is 20.0. The molecule has 0 aliphatic rings. The molecule has 0 aliphatic heterocycles. The lowest BCUT2D eigenvalue weighted by atomic mass is 10.2. The highest BCUT2D eigenvalue weighted by Gasteiger charge is 2.22. The number of nitrogens with one attached hydrogen (secondary N) is 1. The average molecular weight is 455 g/mol. The maximum absolute atomic E-state index is 12.5. The van der Waals surface area contributed by atoms with Gasteiger partial charge in [0.25, 0.3) is 0 Å². The molecule has 0 aliphatic carbocycles. The summed E-state index contributed by atoms with van der Waals surface area (Å²) in [5.41, 5.74) is 1.89. The van der Waals surface area contributed by atoms with E-state index in [1.54, 1.807) is 7.11 Å². The van der Waals surface area contributed by atoms with Crippen LogP contribution in [-0.2, 0) is 11.3 Å². The third-order valence-corrected chi connectivity index (χ3v) is 5.63. The minimum Gasteiger partial charge on any atom is -0.493 e. The van der Waals surface area contributed by atoms with Gasteiger partial charge in [-0.3, -0.25) is 4.79 Å². The molecule has 3 aromatic rings. The molecule has 1 atom stereocenters. The first-order chi connectivity index (χ1) is 15.4. The maximum Gasteiger partial charge on any atom is 0.234 e. The second-order valence-electron chi connectivity index (χ2n) is 7.96. The van der Waals surface area contributed by atoms with E-state index in [-0.39, 0.29) is 17.8 Å². The highest BCUT2D eigenvalue weighted by molar-refractivity contribution is 7.99. The summed E-state index contributed by atoms with van der Waals surface area (Å²) in [6.45, 7) is 8.92. The van der Waals surface area contributed by atoms with E-state index in [0.29, 0.717) is 28.4 Å². The SMILES string of the molecule is COc1ccccc1OC(C)c1nnc(SCC(=O)Nc2cccc(C)c2)n1CC(C)C. The van der Waals surface area contributed by atoms with Gasteiger partial charge in [-0.05, 0) is 49.6 Å². The van der Waals surface area contributed by atoms with Crippen LogP contribution in [0.2, 0.25) is 0 Å². The van der Waals surface area contributed by atoms with Gasteiger partial charge in [-0.2, -0.15) is 0 Å². The Hall–Kier alpha value is -3.00. The number of aromatic nitrogens is 3. The fraction of sp³-hybridized carbons (Fsp3) is 0.375. The highest BCUT2D eigenvalue weighted by atomic mass is 32.2. The fourth-order valence-corrected chi connectivity index (χ4v) is 4.01. The van der Waals surface area contributed by atoms with Crippen molar-refractivity contribution in [3.63, 3.8) is 0 Å². The largest absolute Gasteiger partial charge is 0.493 e. The molecule has 2 aromatic carbocycles. The topological polar surface area (TPSA) is 78.3 Å². The lowest BCUT2D eigenvalue weighted by Gasteiger charge is -2.19. The first-order valence-electron chi connectivity index (χ1n) is 10.6. The van der Waals surface area contributed by atoms with Crippen LogP contribution in [0.1, 0.15) is 38.3 Å². The van der Waals surface area contributed by atoms with Gasteiger partial charge in [0.05, 0.1) is 12.9 Å². The molecule has 170 valence electrons. The fourth-order valence-electron chi connectivity index (χ4n) is 3.25. The van der Waals surface area contributed by atoms with Crippen molar-refractivity contribution in [3.8, 4) is 11.5 Å². The van der Waals surface area contributed by atoms with Crippen molar-refractivity contribution in [2.75, 3.05) is 18.2 Å². The quantitative estimate of drug-likeness (QED) is 0.428. The first kappa shape index (κ1) is 23.7. The van der Waals surface area contributed by atoms with E-state index in [9.17, 15) is 4.79 Å². The summed E-state index contributed by atoms with van der Waals surface area (Å²) in [7, 11) is 1.62. The van der Waals surface area contributed by atoms with Gasteiger partial charge in [-0.15, -0.1) is 10.2 Å². The van der Waals surface area contributed by atoms with Crippen molar-refractivity contribution < 1.29 is 14.3 Å². The Morgan fingerprint density at radius 2 is 1.84 bits per heavy atom. The van der Waals surface area contributed by atoms with Crippen molar-refractivity contribution in [3.05, 3.63) is 59.9 Å². The number of nitrogens with zero attached hydrogens (tertiary/aromatic N) is 3. The molecule has 32 heavy (non-hydrogen) atoms. The number of ether oxygens (including phenoxy) is 2. The van der Waals surface area contributed by atoms with Gasteiger partial charge in [0.15, 0.2) is 28.6 Å². The lowest BCUT2D eigenvalue weighted by Crippen LogP contribution is -2.17. The Balaban J connectivity index is 1.72. The van der Waals surface area contributed by atoms with Crippen molar-refractivity contribution in [1.29, 1.82) is 0 Å². The van der Waals surface area contributed by atoms with Crippen LogP contribution in [-0.4, -0.2) is 33.5 Å². The van der Waals surface area contributed by atoms with Crippen molar-refractivity contribution >= 4 is 23.4 Å². The van der Waals surface area contributed by atoms with Crippen molar-refractivity contribution in [1.82, 2.24) is 14.8 Å². The zero-order chi connectivity index (χ0) is 23.1. The Bertz CT molecular complexity index is 1050. The van der Waals surface area contributed by atoms with E-state index in [1.165, 1.54) is 11.8 Å². The van der Waals surface area contributed by atoms with Gasteiger partial charge in [0, 0.05) is 12.2 Å². The standard InChI is InChI=1S/C24H30N4O3S/c1-16(2)14-28-23(18(4)31-21-12-7-6-11-20(21)30-5)26-27-24(28)32-15-22(29)25-19-10-8-9-17(3)13-19/h6-13,16,18H,14-15H2,1-5H3,(H,25,29). The van der Waals surface area contributed by atoms with Crippen molar-refractivity contribution in [2.45, 2.75) is 45.5 Å². The molecule has 1 unspecified atom stereocenters. The average Bonchev–Trinajstić information content (AvgIpc) is 3.14. The Morgan fingerprint density at radius 1 is 1.09 bits per heavy atom. The second kappa shape index (κ2) is 11.0. The monoisotopic (exact) mass is 454 g/mol. The number of hydrogen-bond donors (Lipinski definition) is 1. The molecule has 0 fully saturated rings. The third-order valence-electron chi connectivity index (χ3n) is 4.66. The van der Waals surface area contributed by atoms with E-state index < -0.39 is 0 Å². The predicted molar refractivity (Wildman–Crippen MR) is 127 cm³/mol. The zero-order valence-electron chi connectivity index (χ0n) is 19.2. The van der Waals surface area contributed by atoms with E-state index in [4.69, 9.17) is 9.47 Å². The molecular formula is C24H30N4O3S. The molecule has 0 saturated heterocycles. The molecule has 1 heterocycles. The van der Waals surface area contributed by atoms with Gasteiger partial charge in [-0.1, -0.05) is 49.9 Å². The van der Waals surface area contributed by atoms with Crippen LogP contribution in [0.15, 0.2) is 53.7 Å². The summed E-state index contributed by atoms with van der Waals surface area (Å²) in [5, 5.41) is 12.4. The second-order valence-corrected chi connectivity index (χ2v) is 8.90. The van der Waals surface area contributed by atoms with Gasteiger partial charge in [0.1, 0.15) is 0 Å². The third kappa shape index (κ3) is 6.26. The number of benzene rings is 2. The summed E-state index contributed by atoms with van der Waals surface area (Å²) in [5.74, 6) is 2.56. The molecule has 1 N–H and O–H groups in total. The van der Waals surface area contributed by atoms with E-state index in [2.05, 4.69) is 29.4 Å². The maximum atomic E-state index is 12.5. The van der Waals surface area contributed by atoms with Gasteiger partial charge in [-0.25, -0.2) is 0 Å². The Morgan fingerprint density at radius 3 is 2.53 bits per heavy atom. The summed E-state index contributed by atoms with van der Waals surface area (Å²) in [4.78, 5) is 12.5. The minimum atomic E-state index is -0.340. The van der Waals surface area contributed by atoms with Crippen LogP contribution in [0.3, 0.4) is 0 Å². The van der Waals surface area contributed by atoms with Crippen LogP contribution < -0.4 is 14.8 Å². The van der Waals surface area contributed by atoms with Crippen LogP contribution in [0, 0.1) is 12.8 Å². The minimum absolute atomic E-state index is 0.0837. The van der Waals surface area contributed by atoms with Crippen molar-refractivity contribution in [2.24, 2.45) is 5.92 Å². The molecule has 8 heteroatoms. The van der Waals surface area contributed by atoms with E-state index in [0.717, 1.165) is 17.8 Å². The molecule has 7 nitrogen and oxygen atoms in total. The number of rotatable bonds is 10. The molecule has 3 rings (SSSR count). The van der Waals surface area contributed by atoms with E-state index in [1.807, 2.05) is 66.9 Å². The summed E-state index contributed by atoms with van der Waals surface area (Å²) < 4.78 is 13.6. The predicted octanol–water partition coefficient (Wildman–Crippen LogP) is 5.12. The van der Waals surface area contributed by atoms with Crippen LogP contribution >= 0.6 is 11.8 Å². The number of methoxy groups -OCH3 is 1. The smallest absolute Gasteiger partial charge is 0.234 e. The number of carbonyl (C=O) groups is 1. The molecule has 0 saturated carbocycles. The summed E-state index contributed by atoms with van der Waals surface area (Å²) in [6.07, 6.45) is -0.340. The van der Waals surface area contributed by atoms with Crippen LogP contribution in [0.25, 0.3) is 0 Å². The number of anilines is 1.